The van der Waals surface area contributed by atoms with E-state index in [2.05, 4.69) is 38.8 Å². The van der Waals surface area contributed by atoms with E-state index in [-0.39, 0.29) is 5.91 Å². The summed E-state index contributed by atoms with van der Waals surface area (Å²) >= 11 is 0. The third-order valence-electron chi connectivity index (χ3n) is 3.47. The van der Waals surface area contributed by atoms with Crippen LogP contribution in [-0.2, 0) is 0 Å². The molecule has 1 amide bonds. The Bertz CT molecular complexity index is 680. The maximum Gasteiger partial charge on any atom is 0.270 e. The molecule has 3 rings (SSSR count). The molecule has 1 saturated carbocycles. The van der Waals surface area contributed by atoms with Gasteiger partial charge in [-0.25, -0.2) is 9.97 Å². The molecule has 21 heavy (non-hydrogen) atoms. The molecule has 1 aliphatic rings. The summed E-state index contributed by atoms with van der Waals surface area (Å²) in [6, 6.07) is 8.18. The van der Waals surface area contributed by atoms with E-state index in [9.17, 15) is 4.79 Å². The molecule has 108 valence electrons. The van der Waals surface area contributed by atoms with Crippen molar-refractivity contribution in [3.8, 4) is 0 Å². The van der Waals surface area contributed by atoms with Gasteiger partial charge in [0.05, 0.1) is 0 Å². The first-order valence-corrected chi connectivity index (χ1v) is 7.09. The van der Waals surface area contributed by atoms with E-state index >= 15 is 0 Å². The Hall–Kier alpha value is -2.43. The number of rotatable bonds is 4. The largest absolute Gasteiger partial charge is 0.348 e. The Morgan fingerprint density at radius 1 is 1.19 bits per heavy atom. The van der Waals surface area contributed by atoms with Crippen LogP contribution in [0.25, 0.3) is 0 Å². The van der Waals surface area contributed by atoms with E-state index < -0.39 is 0 Å². The van der Waals surface area contributed by atoms with Crippen LogP contribution in [0.1, 0.15) is 34.5 Å². The van der Waals surface area contributed by atoms with E-state index in [1.807, 2.05) is 13.8 Å². The van der Waals surface area contributed by atoms with Gasteiger partial charge in [-0.3, -0.25) is 4.79 Å². The van der Waals surface area contributed by atoms with Crippen molar-refractivity contribution in [2.24, 2.45) is 0 Å². The quantitative estimate of drug-likeness (QED) is 0.905. The lowest BCUT2D eigenvalue weighted by molar-refractivity contribution is 0.0946. The molecule has 2 N–H and O–H groups in total. The van der Waals surface area contributed by atoms with Crippen LogP contribution < -0.4 is 10.6 Å². The van der Waals surface area contributed by atoms with Crippen molar-refractivity contribution in [1.29, 1.82) is 0 Å². The third-order valence-corrected chi connectivity index (χ3v) is 3.47. The van der Waals surface area contributed by atoms with E-state index in [1.165, 1.54) is 11.9 Å². The third kappa shape index (κ3) is 3.37. The molecule has 1 aliphatic carbocycles. The highest BCUT2D eigenvalue weighted by Crippen LogP contribution is 2.21. The molecule has 0 unspecified atom stereocenters. The van der Waals surface area contributed by atoms with Gasteiger partial charge in [-0.15, -0.1) is 0 Å². The van der Waals surface area contributed by atoms with Crippen molar-refractivity contribution in [2.45, 2.75) is 32.7 Å². The Morgan fingerprint density at radius 3 is 2.76 bits per heavy atom. The van der Waals surface area contributed by atoms with Gasteiger partial charge in [-0.1, -0.05) is 12.1 Å². The van der Waals surface area contributed by atoms with Crippen molar-refractivity contribution in [1.82, 2.24) is 15.3 Å². The number of hydrogen-bond acceptors (Lipinski definition) is 4. The summed E-state index contributed by atoms with van der Waals surface area (Å²) in [5.41, 5.74) is 3.68. The summed E-state index contributed by atoms with van der Waals surface area (Å²) in [6.45, 7) is 4.07. The average molecular weight is 282 g/mol. The molecule has 0 bridgehead atoms. The molecule has 5 heteroatoms. The first-order chi connectivity index (χ1) is 10.1. The van der Waals surface area contributed by atoms with Crippen molar-refractivity contribution in [2.75, 3.05) is 5.32 Å². The molecule has 1 heterocycles. The summed E-state index contributed by atoms with van der Waals surface area (Å²) in [5.74, 6) is 0.489. The summed E-state index contributed by atoms with van der Waals surface area (Å²) in [6.07, 6.45) is 3.53. The fourth-order valence-electron chi connectivity index (χ4n) is 2.05. The van der Waals surface area contributed by atoms with E-state index in [0.29, 0.717) is 17.6 Å². The maximum atomic E-state index is 12.0. The van der Waals surface area contributed by atoms with Crippen LogP contribution in [0.2, 0.25) is 0 Å². The lowest BCUT2D eigenvalue weighted by atomic mass is 10.1. The van der Waals surface area contributed by atoms with Gasteiger partial charge in [0.2, 0.25) is 0 Å². The number of hydrogen-bond donors (Lipinski definition) is 2. The lowest BCUT2D eigenvalue weighted by Gasteiger charge is -2.10. The van der Waals surface area contributed by atoms with Crippen molar-refractivity contribution in [3.05, 3.63) is 47.4 Å². The molecule has 1 aromatic carbocycles. The zero-order valence-corrected chi connectivity index (χ0v) is 12.2. The van der Waals surface area contributed by atoms with Crippen molar-refractivity contribution >= 4 is 17.4 Å². The van der Waals surface area contributed by atoms with Crippen molar-refractivity contribution in [3.63, 3.8) is 0 Å². The molecule has 5 nitrogen and oxygen atoms in total. The van der Waals surface area contributed by atoms with Crippen molar-refractivity contribution < 1.29 is 4.79 Å². The molecule has 0 spiro atoms. The topological polar surface area (TPSA) is 66.9 Å². The normalized spacial score (nSPS) is 13.8. The SMILES string of the molecule is Cc1ccc(C)c(Nc2cc(C(=O)NC3CC3)ncn2)c1. The number of carbonyl (C=O) groups is 1. The number of nitrogens with zero attached hydrogens (tertiary/aromatic N) is 2. The highest BCUT2D eigenvalue weighted by atomic mass is 16.2. The number of aryl methyl sites for hydroxylation is 2. The Morgan fingerprint density at radius 2 is 2.00 bits per heavy atom. The number of nitrogens with one attached hydrogen (secondary N) is 2. The number of anilines is 2. The second-order valence-corrected chi connectivity index (χ2v) is 5.48. The first-order valence-electron chi connectivity index (χ1n) is 7.09. The molecular weight excluding hydrogens is 264 g/mol. The predicted molar refractivity (Wildman–Crippen MR) is 81.7 cm³/mol. The number of amides is 1. The highest BCUT2D eigenvalue weighted by Gasteiger charge is 2.24. The zero-order valence-electron chi connectivity index (χ0n) is 12.2. The minimum absolute atomic E-state index is 0.135. The standard InChI is InChI=1S/C16H18N4O/c1-10-3-4-11(2)13(7-10)20-15-8-14(17-9-18-15)16(21)19-12-5-6-12/h3-4,7-9,12H,5-6H2,1-2H3,(H,19,21)(H,17,18,20). The smallest absolute Gasteiger partial charge is 0.270 e. The van der Waals surface area contributed by atoms with Crippen LogP contribution in [0.3, 0.4) is 0 Å². The van der Waals surface area contributed by atoms with Gasteiger partial charge in [0.15, 0.2) is 0 Å². The number of carbonyl (C=O) groups excluding carboxylic acids is 1. The van der Waals surface area contributed by atoms with Crippen LogP contribution in [-0.4, -0.2) is 21.9 Å². The molecule has 0 radical (unpaired) electrons. The van der Waals surface area contributed by atoms with Crippen LogP contribution in [0.4, 0.5) is 11.5 Å². The summed E-state index contributed by atoms with van der Waals surface area (Å²) in [7, 11) is 0. The minimum atomic E-state index is -0.135. The molecule has 0 saturated heterocycles. The van der Waals surface area contributed by atoms with Gasteiger partial charge in [-0.05, 0) is 43.9 Å². The Labute approximate surface area is 123 Å². The van der Waals surface area contributed by atoms with Gasteiger partial charge in [-0.2, -0.15) is 0 Å². The molecule has 1 aromatic heterocycles. The van der Waals surface area contributed by atoms with Crippen LogP contribution in [0, 0.1) is 13.8 Å². The average Bonchev–Trinajstić information content (AvgIpc) is 3.27. The van der Waals surface area contributed by atoms with E-state index in [1.54, 1.807) is 6.07 Å². The second kappa shape index (κ2) is 5.52. The first kappa shape index (κ1) is 13.5. The van der Waals surface area contributed by atoms with Gasteiger partial charge >= 0.3 is 0 Å². The maximum absolute atomic E-state index is 12.0. The van der Waals surface area contributed by atoms with Crippen LogP contribution in [0.15, 0.2) is 30.6 Å². The fourth-order valence-corrected chi connectivity index (χ4v) is 2.05. The Kier molecular flexibility index (Phi) is 3.56. The molecule has 0 aliphatic heterocycles. The summed E-state index contributed by atoms with van der Waals surface area (Å²) < 4.78 is 0. The summed E-state index contributed by atoms with van der Waals surface area (Å²) in [4.78, 5) is 20.2. The molecule has 0 atom stereocenters. The monoisotopic (exact) mass is 282 g/mol. The zero-order chi connectivity index (χ0) is 14.8. The van der Waals surface area contributed by atoms with Crippen LogP contribution in [0.5, 0.6) is 0 Å². The van der Waals surface area contributed by atoms with E-state index in [4.69, 9.17) is 0 Å². The molecule has 2 aromatic rings. The minimum Gasteiger partial charge on any atom is -0.348 e. The highest BCUT2D eigenvalue weighted by molar-refractivity contribution is 5.93. The van der Waals surface area contributed by atoms with Gasteiger partial charge in [0, 0.05) is 17.8 Å². The summed E-state index contributed by atoms with van der Waals surface area (Å²) in [5, 5.41) is 6.17. The number of benzene rings is 1. The van der Waals surface area contributed by atoms with Gasteiger partial charge < -0.3 is 10.6 Å². The predicted octanol–water partition coefficient (Wildman–Crippen LogP) is 2.73. The molecule has 1 fully saturated rings. The van der Waals surface area contributed by atoms with Gasteiger partial charge in [0.1, 0.15) is 17.8 Å². The Balaban J connectivity index is 1.79. The van der Waals surface area contributed by atoms with E-state index in [0.717, 1.165) is 24.1 Å². The van der Waals surface area contributed by atoms with Gasteiger partial charge in [0.25, 0.3) is 5.91 Å². The molecular formula is C16H18N4O. The second-order valence-electron chi connectivity index (χ2n) is 5.48. The number of aromatic nitrogens is 2. The fraction of sp³-hybridized carbons (Fsp3) is 0.312. The van der Waals surface area contributed by atoms with Crippen LogP contribution >= 0.6 is 0 Å². The lowest BCUT2D eigenvalue weighted by Crippen LogP contribution is -2.26.